The van der Waals surface area contributed by atoms with E-state index in [9.17, 15) is 0 Å². The van der Waals surface area contributed by atoms with Gasteiger partial charge in [-0.3, -0.25) is 0 Å². The third-order valence-corrected chi connectivity index (χ3v) is 10.4. The van der Waals surface area contributed by atoms with Gasteiger partial charge >= 0.3 is 0 Å². The fourth-order valence-electron chi connectivity index (χ4n) is 8.04. The Morgan fingerprint density at radius 3 is 1.93 bits per heavy atom. The molecule has 0 fully saturated rings. The van der Waals surface area contributed by atoms with Crippen LogP contribution in [-0.2, 0) is 0 Å². The smallest absolute Gasteiger partial charge is 0.227 e. The molecule has 0 unspecified atom stereocenters. The summed E-state index contributed by atoms with van der Waals surface area (Å²) < 4.78 is 15.4. The zero-order chi connectivity index (χ0) is 35.6. The zero-order valence-corrected chi connectivity index (χ0v) is 29.1. The molecule has 0 atom stereocenters. The Balaban J connectivity index is 1.06. The normalized spacial score (nSPS) is 11.7. The van der Waals surface area contributed by atoms with Gasteiger partial charge in [0.1, 0.15) is 16.7 Å². The molecule has 5 heteroatoms. The summed E-state index contributed by atoms with van der Waals surface area (Å²) >= 11 is 0. The van der Waals surface area contributed by atoms with E-state index in [1.807, 2.05) is 42.5 Å². The summed E-state index contributed by atoms with van der Waals surface area (Å²) in [5.41, 5.74) is 12.9. The maximum atomic E-state index is 6.60. The number of hydrogen-bond donors (Lipinski definition) is 0. The van der Waals surface area contributed by atoms with Gasteiger partial charge < -0.3 is 18.3 Å². The summed E-state index contributed by atoms with van der Waals surface area (Å²) in [5, 5.41) is 4.35. The van der Waals surface area contributed by atoms with E-state index in [1.165, 1.54) is 16.3 Å². The molecule has 3 heterocycles. The molecule has 0 aliphatic heterocycles. The molecule has 3 aromatic heterocycles. The summed E-state index contributed by atoms with van der Waals surface area (Å²) in [4.78, 5) is 7.18. The summed E-state index contributed by atoms with van der Waals surface area (Å²) in [7, 11) is 0. The van der Waals surface area contributed by atoms with Crippen LogP contribution in [0.1, 0.15) is 0 Å². The summed E-state index contributed by atoms with van der Waals surface area (Å²) in [6.07, 6.45) is 0. The van der Waals surface area contributed by atoms with E-state index in [0.717, 1.165) is 78.0 Å². The molecule has 0 amide bonds. The van der Waals surface area contributed by atoms with Crippen molar-refractivity contribution >= 4 is 71.9 Å². The average molecular weight is 694 g/mol. The standard InChI is InChI=1S/C49H31N3O2/c1-4-14-33(15-5-1)49-50-40-30-31-44-46(48(40)54-49)39-22-12-21-37(47(39)53-44)32-26-28-36(29-27-32)51(34-16-6-2-7-17-34)42-24-13-25-43-45(42)38-20-10-11-23-41(38)52(43)35-18-8-3-9-19-35/h1-31H. The van der Waals surface area contributed by atoms with E-state index in [0.29, 0.717) is 5.89 Å². The first kappa shape index (κ1) is 30.3. The first-order chi connectivity index (χ1) is 26.8. The number of anilines is 3. The Labute approximate surface area is 310 Å². The highest BCUT2D eigenvalue weighted by Crippen LogP contribution is 2.45. The minimum atomic E-state index is 0.600. The number of furan rings is 1. The van der Waals surface area contributed by atoms with Gasteiger partial charge in [0.05, 0.1) is 22.1 Å². The van der Waals surface area contributed by atoms with Crippen LogP contribution in [0.15, 0.2) is 197 Å². The fraction of sp³-hybridized carbons (Fsp3) is 0. The van der Waals surface area contributed by atoms with E-state index in [4.69, 9.17) is 13.8 Å². The second kappa shape index (κ2) is 12.1. The molecule has 0 N–H and O–H groups in total. The molecule has 5 nitrogen and oxygen atoms in total. The largest absolute Gasteiger partial charge is 0.455 e. The number of nitrogens with zero attached hydrogens (tertiary/aromatic N) is 3. The lowest BCUT2D eigenvalue weighted by molar-refractivity contribution is 0.622. The van der Waals surface area contributed by atoms with Crippen molar-refractivity contribution in [2.75, 3.05) is 4.90 Å². The lowest BCUT2D eigenvalue weighted by Crippen LogP contribution is -2.10. The van der Waals surface area contributed by atoms with Crippen LogP contribution < -0.4 is 4.90 Å². The van der Waals surface area contributed by atoms with Crippen molar-refractivity contribution in [3.8, 4) is 28.3 Å². The summed E-state index contributed by atoms with van der Waals surface area (Å²) in [6.45, 7) is 0. The molecular weight excluding hydrogens is 663 g/mol. The quantitative estimate of drug-likeness (QED) is 0.174. The van der Waals surface area contributed by atoms with Crippen molar-refractivity contribution in [2.24, 2.45) is 0 Å². The Hall–Kier alpha value is -7.37. The minimum absolute atomic E-state index is 0.600. The second-order valence-electron chi connectivity index (χ2n) is 13.5. The van der Waals surface area contributed by atoms with Gasteiger partial charge in [0.15, 0.2) is 5.58 Å². The molecule has 0 saturated carbocycles. The topological polar surface area (TPSA) is 47.3 Å². The number of aromatic nitrogens is 2. The molecule has 254 valence electrons. The van der Waals surface area contributed by atoms with Gasteiger partial charge in [0.2, 0.25) is 5.89 Å². The average Bonchev–Trinajstić information content (AvgIpc) is 3.94. The Bertz CT molecular complexity index is 3140. The van der Waals surface area contributed by atoms with Crippen LogP contribution in [-0.4, -0.2) is 9.55 Å². The molecule has 0 spiro atoms. The molecule has 0 bridgehead atoms. The van der Waals surface area contributed by atoms with Crippen LogP contribution in [0.2, 0.25) is 0 Å². The maximum absolute atomic E-state index is 6.60. The number of benzene rings is 8. The van der Waals surface area contributed by atoms with Crippen molar-refractivity contribution in [3.05, 3.63) is 188 Å². The van der Waals surface area contributed by atoms with Crippen LogP contribution >= 0.6 is 0 Å². The minimum Gasteiger partial charge on any atom is -0.455 e. The first-order valence-corrected chi connectivity index (χ1v) is 18.1. The highest BCUT2D eigenvalue weighted by Gasteiger charge is 2.22. The lowest BCUT2D eigenvalue weighted by Gasteiger charge is -2.26. The lowest BCUT2D eigenvalue weighted by atomic mass is 10.0. The number of rotatable bonds is 6. The molecule has 0 saturated heterocycles. The van der Waals surface area contributed by atoms with Gasteiger partial charge in [0.25, 0.3) is 0 Å². The van der Waals surface area contributed by atoms with E-state index in [-0.39, 0.29) is 0 Å². The molecule has 0 aliphatic rings. The molecular formula is C49H31N3O2. The van der Waals surface area contributed by atoms with Crippen LogP contribution in [0.3, 0.4) is 0 Å². The van der Waals surface area contributed by atoms with Gasteiger partial charge in [-0.2, -0.15) is 0 Å². The van der Waals surface area contributed by atoms with E-state index in [1.54, 1.807) is 0 Å². The fourth-order valence-corrected chi connectivity index (χ4v) is 8.04. The Morgan fingerprint density at radius 2 is 1.11 bits per heavy atom. The third-order valence-electron chi connectivity index (χ3n) is 10.4. The predicted molar refractivity (Wildman–Crippen MR) is 221 cm³/mol. The molecule has 8 aromatic carbocycles. The van der Waals surface area contributed by atoms with Crippen LogP contribution in [0.25, 0.3) is 83.1 Å². The van der Waals surface area contributed by atoms with Gasteiger partial charge in [-0.15, -0.1) is 0 Å². The third kappa shape index (κ3) is 4.69. The summed E-state index contributed by atoms with van der Waals surface area (Å²) in [5.74, 6) is 0.600. The predicted octanol–water partition coefficient (Wildman–Crippen LogP) is 13.6. The van der Waals surface area contributed by atoms with Crippen molar-refractivity contribution in [1.29, 1.82) is 0 Å². The van der Waals surface area contributed by atoms with Crippen molar-refractivity contribution in [3.63, 3.8) is 0 Å². The van der Waals surface area contributed by atoms with Gasteiger partial charge in [-0.05, 0) is 84.4 Å². The SMILES string of the molecule is c1ccc(-c2nc3ccc4oc5c(-c6ccc(N(c7ccccc7)c7cccc8c7c7ccccc7n8-c7ccccc7)cc6)cccc5c4c3o2)cc1. The van der Waals surface area contributed by atoms with E-state index < -0.39 is 0 Å². The maximum Gasteiger partial charge on any atom is 0.227 e. The number of fused-ring (bicyclic) bond motifs is 8. The molecule has 54 heavy (non-hydrogen) atoms. The highest BCUT2D eigenvalue weighted by atomic mass is 16.4. The molecule has 11 aromatic rings. The molecule has 0 radical (unpaired) electrons. The monoisotopic (exact) mass is 693 g/mol. The second-order valence-corrected chi connectivity index (χ2v) is 13.5. The van der Waals surface area contributed by atoms with Gasteiger partial charge in [-0.1, -0.05) is 109 Å². The number of oxazole rings is 1. The Morgan fingerprint density at radius 1 is 0.444 bits per heavy atom. The first-order valence-electron chi connectivity index (χ1n) is 18.1. The van der Waals surface area contributed by atoms with Gasteiger partial charge in [0, 0.05) is 44.3 Å². The number of para-hydroxylation sites is 4. The highest BCUT2D eigenvalue weighted by molar-refractivity contribution is 6.19. The van der Waals surface area contributed by atoms with Crippen molar-refractivity contribution in [2.45, 2.75) is 0 Å². The van der Waals surface area contributed by atoms with E-state index >= 15 is 0 Å². The molecule has 0 aliphatic carbocycles. The summed E-state index contributed by atoms with van der Waals surface area (Å²) in [6, 6.07) is 65.6. The van der Waals surface area contributed by atoms with Crippen LogP contribution in [0.5, 0.6) is 0 Å². The Kier molecular flexibility index (Phi) is 6.79. The number of hydrogen-bond acceptors (Lipinski definition) is 4. The van der Waals surface area contributed by atoms with Crippen LogP contribution in [0, 0.1) is 0 Å². The molecule has 11 rings (SSSR count). The zero-order valence-electron chi connectivity index (χ0n) is 29.1. The van der Waals surface area contributed by atoms with Crippen molar-refractivity contribution < 1.29 is 8.83 Å². The van der Waals surface area contributed by atoms with Crippen LogP contribution in [0.4, 0.5) is 17.1 Å². The van der Waals surface area contributed by atoms with Crippen molar-refractivity contribution in [1.82, 2.24) is 9.55 Å². The van der Waals surface area contributed by atoms with Gasteiger partial charge in [-0.25, -0.2) is 4.98 Å². The van der Waals surface area contributed by atoms with E-state index in [2.05, 4.69) is 155 Å².